The molecule has 0 saturated carbocycles. The minimum Gasteiger partial charge on any atom is -0.396 e. The van der Waals surface area contributed by atoms with Gasteiger partial charge in [-0.1, -0.05) is 30.3 Å². The van der Waals surface area contributed by atoms with Crippen LogP contribution in [0, 0.1) is 0 Å². The van der Waals surface area contributed by atoms with Crippen LogP contribution in [0.4, 0.5) is 5.82 Å². The highest BCUT2D eigenvalue weighted by Gasteiger charge is 2.28. The maximum atomic E-state index is 9.51. The van der Waals surface area contributed by atoms with Gasteiger partial charge < -0.3 is 15.0 Å². The van der Waals surface area contributed by atoms with Crippen LogP contribution in [0.25, 0.3) is 11.2 Å². The molecule has 1 aromatic carbocycles. The number of nitrogens with zero attached hydrogens (tertiary/aromatic N) is 5. The molecular formula is C18H22N6O. The van der Waals surface area contributed by atoms with Crippen LogP contribution >= 0.6 is 0 Å². The fourth-order valence-electron chi connectivity index (χ4n) is 3.53. The lowest BCUT2D eigenvalue weighted by molar-refractivity contribution is 0.135. The first kappa shape index (κ1) is 16.0. The molecule has 1 atom stereocenters. The number of aromatic nitrogens is 4. The third kappa shape index (κ3) is 3.33. The van der Waals surface area contributed by atoms with E-state index in [1.54, 1.807) is 12.7 Å². The number of aliphatic hydroxyl groups is 1. The number of H-pyrrole nitrogens is 1. The first-order chi connectivity index (χ1) is 12.3. The number of nitrogens with one attached hydrogen (secondary N) is 1. The van der Waals surface area contributed by atoms with Crippen molar-refractivity contribution in [3.8, 4) is 0 Å². The molecule has 1 aliphatic heterocycles. The van der Waals surface area contributed by atoms with Gasteiger partial charge in [0.1, 0.15) is 11.8 Å². The largest absolute Gasteiger partial charge is 0.396 e. The molecule has 0 aliphatic carbocycles. The van der Waals surface area contributed by atoms with Gasteiger partial charge in [0.05, 0.1) is 6.33 Å². The summed E-state index contributed by atoms with van der Waals surface area (Å²) < 4.78 is 0. The van der Waals surface area contributed by atoms with Crippen molar-refractivity contribution in [2.75, 3.05) is 31.1 Å². The number of fused-ring (bicyclic) bond motifs is 1. The Kier molecular flexibility index (Phi) is 4.58. The lowest BCUT2D eigenvalue weighted by Crippen LogP contribution is -2.53. The van der Waals surface area contributed by atoms with Crippen LogP contribution in [0.15, 0.2) is 43.0 Å². The second-order valence-corrected chi connectivity index (χ2v) is 6.37. The fraction of sp³-hybridized carbons (Fsp3) is 0.389. The number of benzene rings is 1. The highest BCUT2D eigenvalue weighted by molar-refractivity contribution is 5.82. The molecule has 3 aromatic rings. The van der Waals surface area contributed by atoms with Crippen LogP contribution in [-0.4, -0.2) is 62.2 Å². The van der Waals surface area contributed by atoms with Crippen LogP contribution in [0.5, 0.6) is 0 Å². The first-order valence-corrected chi connectivity index (χ1v) is 8.63. The van der Waals surface area contributed by atoms with Crippen LogP contribution in [0.1, 0.15) is 12.0 Å². The maximum Gasteiger partial charge on any atom is 0.182 e. The van der Waals surface area contributed by atoms with E-state index in [2.05, 4.69) is 54.0 Å². The number of aliphatic hydroxyl groups excluding tert-OH is 1. The fourth-order valence-corrected chi connectivity index (χ4v) is 3.53. The van der Waals surface area contributed by atoms with Gasteiger partial charge in [-0.15, -0.1) is 0 Å². The normalized spacial score (nSPS) is 18.8. The monoisotopic (exact) mass is 338 g/mol. The molecule has 0 spiro atoms. The van der Waals surface area contributed by atoms with Crippen molar-refractivity contribution in [3.05, 3.63) is 48.5 Å². The lowest BCUT2D eigenvalue weighted by Gasteiger charge is -2.42. The zero-order chi connectivity index (χ0) is 17.1. The van der Waals surface area contributed by atoms with E-state index in [1.165, 1.54) is 5.56 Å². The summed E-state index contributed by atoms with van der Waals surface area (Å²) >= 11 is 0. The molecule has 1 aliphatic rings. The molecule has 0 radical (unpaired) electrons. The van der Waals surface area contributed by atoms with E-state index in [9.17, 15) is 5.11 Å². The summed E-state index contributed by atoms with van der Waals surface area (Å²) in [7, 11) is 0. The van der Waals surface area contributed by atoms with Crippen molar-refractivity contribution in [1.29, 1.82) is 0 Å². The lowest BCUT2D eigenvalue weighted by atomic mass is 10.1. The van der Waals surface area contributed by atoms with E-state index >= 15 is 0 Å². The SMILES string of the molecule is OCC[C@@H]1CN(c2ncnc3nc[nH]c23)CCN1Cc1ccccc1. The second kappa shape index (κ2) is 7.16. The molecule has 7 heteroatoms. The Labute approximate surface area is 146 Å². The minimum atomic E-state index is 0.188. The third-order valence-corrected chi connectivity index (χ3v) is 4.80. The van der Waals surface area contributed by atoms with Gasteiger partial charge in [-0.05, 0) is 12.0 Å². The number of anilines is 1. The first-order valence-electron chi connectivity index (χ1n) is 8.63. The topological polar surface area (TPSA) is 81.2 Å². The Bertz CT molecular complexity index is 821. The van der Waals surface area contributed by atoms with E-state index in [1.807, 2.05) is 6.07 Å². The Morgan fingerprint density at radius 2 is 2.00 bits per heavy atom. The summed E-state index contributed by atoms with van der Waals surface area (Å²) in [6.07, 6.45) is 3.97. The van der Waals surface area contributed by atoms with E-state index < -0.39 is 0 Å². The van der Waals surface area contributed by atoms with Gasteiger partial charge in [0, 0.05) is 38.8 Å². The Morgan fingerprint density at radius 1 is 1.12 bits per heavy atom. The van der Waals surface area contributed by atoms with E-state index in [4.69, 9.17) is 0 Å². The Balaban J connectivity index is 1.54. The average Bonchev–Trinajstić information content (AvgIpc) is 3.13. The van der Waals surface area contributed by atoms with Crippen molar-refractivity contribution < 1.29 is 5.11 Å². The predicted octanol–water partition coefficient (Wildman–Crippen LogP) is 1.43. The molecule has 0 amide bonds. The van der Waals surface area contributed by atoms with Gasteiger partial charge in [-0.2, -0.15) is 0 Å². The number of aromatic amines is 1. The molecule has 25 heavy (non-hydrogen) atoms. The molecular weight excluding hydrogens is 316 g/mol. The van der Waals surface area contributed by atoms with Crippen molar-refractivity contribution >= 4 is 17.0 Å². The summed E-state index contributed by atoms with van der Waals surface area (Å²) in [5.74, 6) is 0.893. The van der Waals surface area contributed by atoms with Gasteiger partial charge in [0.2, 0.25) is 0 Å². The average molecular weight is 338 g/mol. The van der Waals surface area contributed by atoms with Crippen molar-refractivity contribution in [2.45, 2.75) is 19.0 Å². The zero-order valence-electron chi connectivity index (χ0n) is 14.0. The summed E-state index contributed by atoms with van der Waals surface area (Å²) in [6.45, 7) is 3.74. The molecule has 3 heterocycles. The molecule has 130 valence electrons. The summed E-state index contributed by atoms with van der Waals surface area (Å²) in [4.78, 5) is 20.7. The standard InChI is InChI=1S/C18H22N6O/c25-9-6-15-11-24(18-16-17(20-12-19-16)21-13-22-18)8-7-23(15)10-14-4-2-1-3-5-14/h1-5,12-13,15,25H,6-11H2,(H,19,20,21,22)/t15-/m1/s1. The molecule has 2 aromatic heterocycles. The highest BCUT2D eigenvalue weighted by atomic mass is 16.3. The third-order valence-electron chi connectivity index (χ3n) is 4.80. The van der Waals surface area contributed by atoms with Crippen LogP contribution < -0.4 is 4.90 Å². The Morgan fingerprint density at radius 3 is 2.84 bits per heavy atom. The van der Waals surface area contributed by atoms with Gasteiger partial charge >= 0.3 is 0 Å². The van der Waals surface area contributed by atoms with Gasteiger partial charge in [-0.25, -0.2) is 15.0 Å². The molecule has 2 N–H and O–H groups in total. The summed E-state index contributed by atoms with van der Waals surface area (Å²) in [5.41, 5.74) is 2.87. The number of rotatable bonds is 5. The molecule has 0 unspecified atom stereocenters. The number of imidazole rings is 1. The van der Waals surface area contributed by atoms with Crippen molar-refractivity contribution in [3.63, 3.8) is 0 Å². The quantitative estimate of drug-likeness (QED) is 0.732. The van der Waals surface area contributed by atoms with Crippen molar-refractivity contribution in [1.82, 2.24) is 24.8 Å². The van der Waals surface area contributed by atoms with Gasteiger partial charge in [0.25, 0.3) is 0 Å². The smallest absolute Gasteiger partial charge is 0.182 e. The Hall–Kier alpha value is -2.51. The summed E-state index contributed by atoms with van der Waals surface area (Å²) in [5, 5.41) is 9.51. The molecule has 4 rings (SSSR count). The number of hydrogen-bond donors (Lipinski definition) is 2. The summed E-state index contributed by atoms with van der Waals surface area (Å²) in [6, 6.07) is 10.8. The zero-order valence-corrected chi connectivity index (χ0v) is 14.0. The molecule has 0 bridgehead atoms. The van der Waals surface area contributed by atoms with Crippen LogP contribution in [0.3, 0.4) is 0 Å². The molecule has 1 saturated heterocycles. The van der Waals surface area contributed by atoms with E-state index in [0.29, 0.717) is 5.65 Å². The van der Waals surface area contributed by atoms with Gasteiger partial charge in [-0.3, -0.25) is 4.90 Å². The van der Waals surface area contributed by atoms with Crippen LogP contribution in [-0.2, 0) is 6.54 Å². The number of piperazine rings is 1. The van der Waals surface area contributed by atoms with Gasteiger partial charge in [0.15, 0.2) is 11.5 Å². The van der Waals surface area contributed by atoms with E-state index in [-0.39, 0.29) is 12.6 Å². The second-order valence-electron chi connectivity index (χ2n) is 6.37. The minimum absolute atomic E-state index is 0.188. The predicted molar refractivity (Wildman–Crippen MR) is 96.2 cm³/mol. The van der Waals surface area contributed by atoms with Crippen LogP contribution in [0.2, 0.25) is 0 Å². The molecule has 1 fully saturated rings. The molecule has 7 nitrogen and oxygen atoms in total. The maximum absolute atomic E-state index is 9.51. The number of hydrogen-bond acceptors (Lipinski definition) is 6. The highest BCUT2D eigenvalue weighted by Crippen LogP contribution is 2.24. The van der Waals surface area contributed by atoms with E-state index in [0.717, 1.165) is 43.9 Å². The van der Waals surface area contributed by atoms with Crippen molar-refractivity contribution in [2.24, 2.45) is 0 Å².